The molecule has 4 N–H and O–H groups in total. The zero-order valence-corrected chi connectivity index (χ0v) is 23.8. The Balaban J connectivity index is 1.47. The predicted molar refractivity (Wildman–Crippen MR) is 164 cm³/mol. The van der Waals surface area contributed by atoms with Gasteiger partial charge in [0.15, 0.2) is 0 Å². The lowest BCUT2D eigenvalue weighted by Gasteiger charge is -2.17. The average Bonchev–Trinajstić information content (AvgIpc) is 3.80. The van der Waals surface area contributed by atoms with Crippen LogP contribution in [0.15, 0.2) is 97.1 Å². The van der Waals surface area contributed by atoms with Gasteiger partial charge < -0.3 is 19.9 Å². The Morgan fingerprint density at radius 1 is 0.487 bits per heavy atom. The van der Waals surface area contributed by atoms with Crippen LogP contribution < -0.4 is 21.4 Å². The van der Waals surface area contributed by atoms with Gasteiger partial charge in [-0.05, 0) is 109 Å². The standard InChI is InChI=1S/C33H22Br2N4/c34-32-26-12-10-19(37-26)17-18-9-11-24(36-18)31(25-13-14-27(38-25)33(35)29-16-15-28(32)39-29)30-22-7-3-1-5-20(22)21-6-2-4-8-23(21)30/h1-17,30,36-39H. The third-order valence-corrected chi connectivity index (χ3v) is 9.46. The maximum absolute atomic E-state index is 3.87. The number of aromatic amines is 4. The highest BCUT2D eigenvalue weighted by Gasteiger charge is 2.32. The van der Waals surface area contributed by atoms with Gasteiger partial charge in [-0.2, -0.15) is 0 Å². The quantitative estimate of drug-likeness (QED) is 0.191. The van der Waals surface area contributed by atoms with E-state index in [1.54, 1.807) is 0 Å². The topological polar surface area (TPSA) is 63.2 Å². The van der Waals surface area contributed by atoms with E-state index in [0.29, 0.717) is 0 Å². The number of benzene rings is 2. The fourth-order valence-corrected chi connectivity index (χ4v) is 6.91. The first-order valence-electron chi connectivity index (χ1n) is 12.9. The minimum Gasteiger partial charge on any atom is -0.355 e. The van der Waals surface area contributed by atoms with Crippen LogP contribution in [0.5, 0.6) is 0 Å². The van der Waals surface area contributed by atoms with E-state index in [1.165, 1.54) is 27.8 Å². The zero-order chi connectivity index (χ0) is 26.1. The Kier molecular flexibility index (Phi) is 5.15. The van der Waals surface area contributed by atoms with Crippen LogP contribution in [-0.4, -0.2) is 19.9 Å². The smallest absolute Gasteiger partial charge is 0.0645 e. The van der Waals surface area contributed by atoms with Crippen molar-refractivity contribution in [3.8, 4) is 11.1 Å². The first kappa shape index (κ1) is 22.9. The molecule has 6 aromatic rings. The molecule has 0 amide bonds. The van der Waals surface area contributed by atoms with E-state index in [9.17, 15) is 0 Å². The molecule has 0 fully saturated rings. The highest BCUT2D eigenvalue weighted by molar-refractivity contribution is 9.15. The molecule has 0 spiro atoms. The Bertz CT molecular complexity index is 2120. The van der Waals surface area contributed by atoms with Crippen molar-refractivity contribution in [3.05, 3.63) is 152 Å². The third kappa shape index (κ3) is 3.63. The normalized spacial score (nSPS) is 14.4. The fraction of sp³-hybridized carbons (Fsp3) is 0.0303. The van der Waals surface area contributed by atoms with Crippen LogP contribution in [0.25, 0.3) is 31.7 Å². The van der Waals surface area contributed by atoms with Gasteiger partial charge in [0.2, 0.25) is 0 Å². The van der Waals surface area contributed by atoms with Crippen molar-refractivity contribution in [1.82, 2.24) is 19.9 Å². The van der Waals surface area contributed by atoms with E-state index in [4.69, 9.17) is 0 Å². The van der Waals surface area contributed by atoms with Gasteiger partial charge >= 0.3 is 0 Å². The molecule has 2 aliphatic rings. The molecule has 188 valence electrons. The summed E-state index contributed by atoms with van der Waals surface area (Å²) in [4.78, 5) is 14.6. The Morgan fingerprint density at radius 2 is 1.08 bits per heavy atom. The summed E-state index contributed by atoms with van der Waals surface area (Å²) < 4.78 is 1.96. The molecular formula is C33H22Br2N4. The lowest BCUT2D eigenvalue weighted by Crippen LogP contribution is -2.19. The molecule has 39 heavy (non-hydrogen) atoms. The van der Waals surface area contributed by atoms with E-state index >= 15 is 0 Å². The second-order valence-electron chi connectivity index (χ2n) is 10.0. The molecule has 1 aliphatic carbocycles. The van der Waals surface area contributed by atoms with E-state index < -0.39 is 0 Å². The van der Waals surface area contributed by atoms with Crippen LogP contribution in [0.4, 0.5) is 0 Å². The van der Waals surface area contributed by atoms with Crippen molar-refractivity contribution >= 4 is 52.5 Å². The first-order valence-corrected chi connectivity index (χ1v) is 14.5. The average molecular weight is 634 g/mol. The maximum Gasteiger partial charge on any atom is 0.0645 e. The molecule has 0 saturated carbocycles. The lowest BCUT2D eigenvalue weighted by atomic mass is 9.87. The summed E-state index contributed by atoms with van der Waals surface area (Å²) in [6.45, 7) is 0. The Morgan fingerprint density at radius 3 is 1.79 bits per heavy atom. The van der Waals surface area contributed by atoms with E-state index in [2.05, 4.69) is 155 Å². The van der Waals surface area contributed by atoms with Crippen molar-refractivity contribution < 1.29 is 0 Å². The second-order valence-corrected chi connectivity index (χ2v) is 11.6. The van der Waals surface area contributed by atoms with Gasteiger partial charge in [-0.15, -0.1) is 0 Å². The minimum absolute atomic E-state index is 0.0906. The van der Waals surface area contributed by atoms with Gasteiger partial charge in [-0.1, -0.05) is 48.5 Å². The van der Waals surface area contributed by atoms with Gasteiger partial charge in [0, 0.05) is 33.6 Å². The van der Waals surface area contributed by atoms with Gasteiger partial charge in [-0.25, -0.2) is 0 Å². The van der Waals surface area contributed by atoms with Crippen molar-refractivity contribution in [2.45, 2.75) is 5.92 Å². The van der Waals surface area contributed by atoms with Crippen LogP contribution >= 0.6 is 31.9 Å². The van der Waals surface area contributed by atoms with Crippen LogP contribution in [0.2, 0.25) is 0 Å². The molecule has 1 aliphatic heterocycles. The number of aromatic nitrogens is 4. The number of rotatable bonds is 1. The molecule has 0 unspecified atom stereocenters. The summed E-state index contributed by atoms with van der Waals surface area (Å²) in [5, 5.41) is 4.14. The van der Waals surface area contributed by atoms with Crippen LogP contribution in [0.3, 0.4) is 0 Å². The van der Waals surface area contributed by atoms with Crippen LogP contribution in [0, 0.1) is 0 Å². The molecule has 8 rings (SSSR count). The van der Waals surface area contributed by atoms with Gasteiger partial charge in [0.05, 0.1) is 31.1 Å². The summed E-state index contributed by atoms with van der Waals surface area (Å²) in [5.74, 6) is 0.0906. The fourth-order valence-electron chi connectivity index (χ4n) is 5.99. The zero-order valence-electron chi connectivity index (χ0n) is 20.6. The number of nitrogens with one attached hydrogen (secondary N) is 4. The maximum atomic E-state index is 3.87. The van der Waals surface area contributed by atoms with Crippen molar-refractivity contribution in [2.75, 3.05) is 0 Å². The third-order valence-electron chi connectivity index (χ3n) is 7.75. The minimum atomic E-state index is 0.0906. The predicted octanol–water partition coefficient (Wildman–Crippen LogP) is 5.26. The summed E-state index contributed by atoms with van der Waals surface area (Å²) >= 11 is 7.66. The monoisotopic (exact) mass is 632 g/mol. The van der Waals surface area contributed by atoms with Gasteiger partial charge in [0.1, 0.15) is 0 Å². The van der Waals surface area contributed by atoms with E-state index in [0.717, 1.165) is 53.1 Å². The highest BCUT2D eigenvalue weighted by Crippen LogP contribution is 2.49. The molecule has 5 heterocycles. The summed E-state index contributed by atoms with van der Waals surface area (Å²) in [7, 11) is 0. The molecule has 0 saturated heterocycles. The summed E-state index contributed by atoms with van der Waals surface area (Å²) in [6.07, 6.45) is 2.15. The SMILES string of the molecule is BrC1=c2ccc([nH]2)=Cc2ccc([nH]2)C(C2c3ccccc3-c3ccccc32)=c2ccc([nH]2)=C(Br)c2ccc1[nH]2. The molecular weight excluding hydrogens is 612 g/mol. The van der Waals surface area contributed by atoms with Crippen molar-refractivity contribution in [2.24, 2.45) is 0 Å². The van der Waals surface area contributed by atoms with Gasteiger partial charge in [0.25, 0.3) is 0 Å². The highest BCUT2D eigenvalue weighted by atomic mass is 79.9. The van der Waals surface area contributed by atoms with Crippen LogP contribution in [-0.2, 0) is 0 Å². The number of hydrogen-bond acceptors (Lipinski definition) is 0. The van der Waals surface area contributed by atoms with Crippen LogP contribution in [0.1, 0.15) is 39.8 Å². The molecule has 2 aromatic carbocycles. The number of fused-ring (bicyclic) bond motifs is 11. The summed E-state index contributed by atoms with van der Waals surface area (Å²) in [5.41, 5.74) is 10.6. The molecule has 6 heteroatoms. The lowest BCUT2D eigenvalue weighted by molar-refractivity contribution is 1.05. The molecule has 0 atom stereocenters. The van der Waals surface area contributed by atoms with E-state index in [-0.39, 0.29) is 5.92 Å². The molecule has 4 aromatic heterocycles. The van der Waals surface area contributed by atoms with Crippen molar-refractivity contribution in [1.29, 1.82) is 0 Å². The number of hydrogen-bond donors (Lipinski definition) is 4. The number of halogens is 2. The second kappa shape index (κ2) is 8.76. The first-order chi connectivity index (χ1) is 19.1. The Hall–Kier alpha value is -4.00. The number of H-pyrrole nitrogens is 4. The van der Waals surface area contributed by atoms with Gasteiger partial charge in [-0.3, -0.25) is 0 Å². The Labute approximate surface area is 240 Å². The molecule has 0 radical (unpaired) electrons. The van der Waals surface area contributed by atoms with Crippen molar-refractivity contribution in [3.63, 3.8) is 0 Å². The van der Waals surface area contributed by atoms with E-state index in [1.807, 2.05) is 0 Å². The molecule has 4 nitrogen and oxygen atoms in total. The summed E-state index contributed by atoms with van der Waals surface area (Å²) in [6, 6.07) is 34.7. The largest absolute Gasteiger partial charge is 0.355 e. The molecule has 8 bridgehead atoms.